The lowest BCUT2D eigenvalue weighted by atomic mass is 10.0. The third-order valence-electron chi connectivity index (χ3n) is 2.13. The van der Waals surface area contributed by atoms with E-state index in [9.17, 15) is 0 Å². The number of hydrogen-bond donors (Lipinski definition) is 1. The van der Waals surface area contributed by atoms with Crippen LogP contribution < -0.4 is 5.32 Å². The third-order valence-corrected chi connectivity index (χ3v) is 2.13. The lowest BCUT2D eigenvalue weighted by molar-refractivity contribution is -0.00930. The fourth-order valence-electron chi connectivity index (χ4n) is 1.27. The van der Waals surface area contributed by atoms with Gasteiger partial charge in [-0.05, 0) is 46.7 Å². The first-order chi connectivity index (χ1) is 5.99. The highest BCUT2D eigenvalue weighted by atomic mass is 16.5. The Morgan fingerprint density at radius 3 is 2.31 bits per heavy atom. The maximum atomic E-state index is 5.68. The monoisotopic (exact) mass is 187 g/mol. The van der Waals surface area contributed by atoms with Gasteiger partial charge in [-0.25, -0.2) is 0 Å². The predicted molar refractivity (Wildman–Crippen MR) is 58.0 cm³/mol. The molecule has 1 unspecified atom stereocenters. The summed E-state index contributed by atoms with van der Waals surface area (Å²) in [5.41, 5.74) is 0.0118. The molecule has 80 valence electrons. The van der Waals surface area contributed by atoms with E-state index in [2.05, 4.69) is 33.0 Å². The maximum Gasteiger partial charge on any atom is 0.0598 e. The van der Waals surface area contributed by atoms with Gasteiger partial charge in [-0.15, -0.1) is 0 Å². The largest absolute Gasteiger partial charge is 0.376 e. The van der Waals surface area contributed by atoms with Gasteiger partial charge in [0.15, 0.2) is 0 Å². The minimum atomic E-state index is 0.0118. The average molecular weight is 187 g/mol. The molecule has 0 rings (SSSR count). The second-order valence-electron chi connectivity index (χ2n) is 4.58. The van der Waals surface area contributed by atoms with Crippen molar-refractivity contribution >= 4 is 0 Å². The molecule has 0 aliphatic rings. The Morgan fingerprint density at radius 2 is 1.92 bits per heavy atom. The molecule has 1 atom stereocenters. The normalized spacial score (nSPS) is 14.5. The highest BCUT2D eigenvalue weighted by Crippen LogP contribution is 2.11. The molecule has 13 heavy (non-hydrogen) atoms. The highest BCUT2D eigenvalue weighted by molar-refractivity contribution is 4.62. The molecule has 0 fully saturated rings. The molecular weight excluding hydrogens is 162 g/mol. The Labute approximate surface area is 83.1 Å². The molecule has 0 saturated heterocycles. The van der Waals surface area contributed by atoms with Crippen LogP contribution in [0.3, 0.4) is 0 Å². The van der Waals surface area contributed by atoms with Gasteiger partial charge in [-0.2, -0.15) is 0 Å². The lowest BCUT2D eigenvalue weighted by Crippen LogP contribution is -2.24. The first-order valence-electron chi connectivity index (χ1n) is 5.28. The van der Waals surface area contributed by atoms with Gasteiger partial charge in [0.1, 0.15) is 0 Å². The summed E-state index contributed by atoms with van der Waals surface area (Å²) in [6.07, 6.45) is 2.39. The maximum absolute atomic E-state index is 5.68. The third kappa shape index (κ3) is 8.26. The molecule has 0 heterocycles. The quantitative estimate of drug-likeness (QED) is 0.689. The molecule has 0 bridgehead atoms. The summed E-state index contributed by atoms with van der Waals surface area (Å²) >= 11 is 0. The van der Waals surface area contributed by atoms with E-state index in [0.29, 0.717) is 0 Å². The van der Waals surface area contributed by atoms with Crippen molar-refractivity contribution in [2.24, 2.45) is 5.92 Å². The molecule has 2 nitrogen and oxygen atoms in total. The van der Waals surface area contributed by atoms with Crippen LogP contribution in [0.2, 0.25) is 0 Å². The van der Waals surface area contributed by atoms with Gasteiger partial charge < -0.3 is 10.1 Å². The van der Waals surface area contributed by atoms with E-state index in [1.165, 1.54) is 6.42 Å². The number of nitrogens with one attached hydrogen (secondary N) is 1. The van der Waals surface area contributed by atoms with Gasteiger partial charge in [0.2, 0.25) is 0 Å². The van der Waals surface area contributed by atoms with Crippen LogP contribution in [0, 0.1) is 5.92 Å². The van der Waals surface area contributed by atoms with Crippen LogP contribution in [0.1, 0.15) is 40.5 Å². The lowest BCUT2D eigenvalue weighted by Gasteiger charge is -2.21. The first-order valence-corrected chi connectivity index (χ1v) is 5.28. The average Bonchev–Trinajstić information content (AvgIpc) is 2.01. The second kappa shape index (κ2) is 6.39. The van der Waals surface area contributed by atoms with Crippen molar-refractivity contribution in [2.75, 3.05) is 20.2 Å². The van der Waals surface area contributed by atoms with E-state index in [-0.39, 0.29) is 5.60 Å². The van der Waals surface area contributed by atoms with Crippen LogP contribution in [-0.4, -0.2) is 25.8 Å². The van der Waals surface area contributed by atoms with E-state index in [4.69, 9.17) is 4.74 Å². The summed E-state index contributed by atoms with van der Waals surface area (Å²) < 4.78 is 5.68. The van der Waals surface area contributed by atoms with E-state index >= 15 is 0 Å². The summed E-state index contributed by atoms with van der Waals surface area (Å²) in [5.74, 6) is 0.757. The molecule has 0 amide bonds. The Kier molecular flexibility index (Phi) is 6.35. The predicted octanol–water partition coefficient (Wildman–Crippen LogP) is 2.44. The van der Waals surface area contributed by atoms with Gasteiger partial charge in [0, 0.05) is 6.61 Å². The van der Waals surface area contributed by atoms with Crippen molar-refractivity contribution in [2.45, 2.75) is 46.1 Å². The van der Waals surface area contributed by atoms with Crippen molar-refractivity contribution < 1.29 is 4.74 Å². The number of hydrogen-bond acceptors (Lipinski definition) is 2. The van der Waals surface area contributed by atoms with Crippen molar-refractivity contribution in [1.29, 1.82) is 0 Å². The van der Waals surface area contributed by atoms with Crippen molar-refractivity contribution in [3.63, 3.8) is 0 Å². The van der Waals surface area contributed by atoms with Crippen molar-refractivity contribution in [3.8, 4) is 0 Å². The standard InChI is InChI=1S/C11H25NO/c1-6-10(9-12-5)7-8-13-11(2,3)4/h10,12H,6-9H2,1-5H3. The van der Waals surface area contributed by atoms with Gasteiger partial charge in [-0.1, -0.05) is 13.3 Å². The molecule has 0 saturated carbocycles. The van der Waals surface area contributed by atoms with Gasteiger partial charge in [-0.3, -0.25) is 0 Å². The fourth-order valence-corrected chi connectivity index (χ4v) is 1.27. The van der Waals surface area contributed by atoms with Crippen molar-refractivity contribution in [3.05, 3.63) is 0 Å². The van der Waals surface area contributed by atoms with Gasteiger partial charge in [0.25, 0.3) is 0 Å². The SMILES string of the molecule is CCC(CCOC(C)(C)C)CNC. The molecule has 0 aliphatic carbocycles. The zero-order chi connectivity index (χ0) is 10.3. The second-order valence-corrected chi connectivity index (χ2v) is 4.58. The molecule has 0 aromatic heterocycles. The summed E-state index contributed by atoms with van der Waals surface area (Å²) in [6, 6.07) is 0. The minimum absolute atomic E-state index is 0.0118. The summed E-state index contributed by atoms with van der Waals surface area (Å²) in [7, 11) is 2.01. The van der Waals surface area contributed by atoms with Crippen LogP contribution in [0.4, 0.5) is 0 Å². The highest BCUT2D eigenvalue weighted by Gasteiger charge is 2.11. The van der Waals surface area contributed by atoms with Crippen LogP contribution in [-0.2, 0) is 4.74 Å². The van der Waals surface area contributed by atoms with Crippen LogP contribution in [0.15, 0.2) is 0 Å². The van der Waals surface area contributed by atoms with E-state index in [0.717, 1.165) is 25.5 Å². The Bertz CT molecular complexity index is 118. The van der Waals surface area contributed by atoms with Crippen LogP contribution in [0.5, 0.6) is 0 Å². The smallest absolute Gasteiger partial charge is 0.0598 e. The van der Waals surface area contributed by atoms with Crippen molar-refractivity contribution in [1.82, 2.24) is 5.32 Å². The van der Waals surface area contributed by atoms with Gasteiger partial charge >= 0.3 is 0 Å². The molecule has 0 radical (unpaired) electrons. The Balaban J connectivity index is 3.49. The topological polar surface area (TPSA) is 21.3 Å². The molecule has 2 heteroatoms. The Morgan fingerprint density at radius 1 is 1.31 bits per heavy atom. The van der Waals surface area contributed by atoms with E-state index < -0.39 is 0 Å². The zero-order valence-electron chi connectivity index (χ0n) is 9.81. The fraction of sp³-hybridized carbons (Fsp3) is 1.00. The molecule has 0 aromatic rings. The van der Waals surface area contributed by atoms with E-state index in [1.807, 2.05) is 7.05 Å². The molecule has 0 aromatic carbocycles. The zero-order valence-corrected chi connectivity index (χ0v) is 9.81. The summed E-state index contributed by atoms with van der Waals surface area (Å²) in [4.78, 5) is 0. The van der Waals surface area contributed by atoms with E-state index in [1.54, 1.807) is 0 Å². The molecule has 0 aliphatic heterocycles. The number of rotatable bonds is 6. The molecule has 0 spiro atoms. The Hall–Kier alpha value is -0.0800. The summed E-state index contributed by atoms with van der Waals surface area (Å²) in [5, 5.41) is 3.21. The number of ether oxygens (including phenoxy) is 1. The van der Waals surface area contributed by atoms with Gasteiger partial charge in [0.05, 0.1) is 5.60 Å². The minimum Gasteiger partial charge on any atom is -0.376 e. The molecular formula is C11H25NO. The first kappa shape index (κ1) is 12.9. The summed E-state index contributed by atoms with van der Waals surface area (Å²) in [6.45, 7) is 10.5. The van der Waals surface area contributed by atoms with Crippen LogP contribution >= 0.6 is 0 Å². The molecule has 1 N–H and O–H groups in total. The van der Waals surface area contributed by atoms with Crippen LogP contribution in [0.25, 0.3) is 0 Å².